The maximum Gasteiger partial charge on any atom is 0.319 e. The molecule has 1 heterocycles. The van der Waals surface area contributed by atoms with Gasteiger partial charge in [-0.3, -0.25) is 0 Å². The summed E-state index contributed by atoms with van der Waals surface area (Å²) in [6.45, 7) is 4.07. The zero-order chi connectivity index (χ0) is 16.8. The van der Waals surface area contributed by atoms with Gasteiger partial charge in [0.1, 0.15) is 0 Å². The topological polar surface area (TPSA) is 71.0 Å². The summed E-state index contributed by atoms with van der Waals surface area (Å²) in [5.41, 5.74) is 2.04. The Morgan fingerprint density at radius 3 is 2.79 bits per heavy atom. The van der Waals surface area contributed by atoms with Crippen molar-refractivity contribution in [2.75, 3.05) is 11.9 Å². The van der Waals surface area contributed by atoms with Gasteiger partial charge in [0, 0.05) is 36.7 Å². The molecule has 1 aliphatic carbocycles. The third-order valence-corrected chi connectivity index (χ3v) is 4.18. The first-order valence-corrected chi connectivity index (χ1v) is 8.57. The van der Waals surface area contributed by atoms with Crippen LogP contribution in [0.4, 0.5) is 10.5 Å². The van der Waals surface area contributed by atoms with Crippen molar-refractivity contribution >= 4 is 11.7 Å². The van der Waals surface area contributed by atoms with E-state index < -0.39 is 0 Å². The fourth-order valence-electron chi connectivity index (χ4n) is 2.55. The van der Waals surface area contributed by atoms with Crippen LogP contribution >= 0.6 is 0 Å². The minimum Gasteiger partial charge on any atom is -0.337 e. The van der Waals surface area contributed by atoms with Crippen molar-refractivity contribution in [3.05, 3.63) is 48.5 Å². The molecule has 1 saturated carbocycles. The molecular weight excluding hydrogens is 302 g/mol. The van der Waals surface area contributed by atoms with E-state index in [1.807, 2.05) is 24.7 Å². The lowest BCUT2D eigenvalue weighted by Crippen LogP contribution is -2.30. The van der Waals surface area contributed by atoms with Gasteiger partial charge in [-0.15, -0.1) is 0 Å². The molecule has 2 aromatic rings. The fraction of sp³-hybridized carbons (Fsp3) is 0.444. The number of aryl methyl sites for hydroxylation is 1. The van der Waals surface area contributed by atoms with Crippen molar-refractivity contribution < 1.29 is 4.79 Å². The van der Waals surface area contributed by atoms with Crippen LogP contribution in [0.25, 0.3) is 0 Å². The van der Waals surface area contributed by atoms with E-state index in [0.29, 0.717) is 6.04 Å². The Kier molecular flexibility index (Phi) is 5.48. The summed E-state index contributed by atoms with van der Waals surface area (Å²) in [5.74, 6) is 0. The Morgan fingerprint density at radius 2 is 2.12 bits per heavy atom. The molecule has 1 unspecified atom stereocenters. The van der Waals surface area contributed by atoms with E-state index in [9.17, 15) is 4.79 Å². The average molecular weight is 327 g/mol. The Labute approximate surface area is 142 Å². The normalized spacial score (nSPS) is 15.0. The molecule has 3 N–H and O–H groups in total. The SMILES string of the molecule is CC(NCCCn1ccnc1)c1ccc(NC(=O)NC2CC2)cc1. The highest BCUT2D eigenvalue weighted by atomic mass is 16.2. The average Bonchev–Trinajstić information content (AvgIpc) is 3.23. The van der Waals surface area contributed by atoms with Gasteiger partial charge in [-0.1, -0.05) is 12.1 Å². The molecule has 1 fully saturated rings. The van der Waals surface area contributed by atoms with Gasteiger partial charge in [-0.05, 0) is 50.4 Å². The number of aromatic nitrogens is 2. The number of imidazole rings is 1. The number of rotatable bonds is 8. The van der Waals surface area contributed by atoms with Crippen molar-refractivity contribution in [3.63, 3.8) is 0 Å². The lowest BCUT2D eigenvalue weighted by Gasteiger charge is -2.15. The molecule has 6 heteroatoms. The summed E-state index contributed by atoms with van der Waals surface area (Å²) >= 11 is 0. The molecule has 1 atom stereocenters. The van der Waals surface area contributed by atoms with Crippen molar-refractivity contribution in [3.8, 4) is 0 Å². The summed E-state index contributed by atoms with van der Waals surface area (Å²) in [4.78, 5) is 15.8. The third kappa shape index (κ3) is 5.09. The number of hydrogen-bond donors (Lipinski definition) is 3. The number of carbonyl (C=O) groups excluding carboxylic acids is 1. The van der Waals surface area contributed by atoms with Crippen LogP contribution < -0.4 is 16.0 Å². The highest BCUT2D eigenvalue weighted by molar-refractivity contribution is 5.89. The van der Waals surface area contributed by atoms with Crippen LogP contribution in [0.2, 0.25) is 0 Å². The smallest absolute Gasteiger partial charge is 0.319 e. The predicted octanol–water partition coefficient (Wildman–Crippen LogP) is 2.91. The standard InChI is InChI=1S/C18H25N5O/c1-14(20-9-2-11-23-12-10-19-13-23)15-3-5-16(6-4-15)21-18(24)22-17-7-8-17/h3-6,10,12-14,17,20H,2,7-9,11H2,1H3,(H2,21,22,24). The lowest BCUT2D eigenvalue weighted by atomic mass is 10.1. The molecule has 1 aromatic heterocycles. The molecule has 6 nitrogen and oxygen atoms in total. The van der Waals surface area contributed by atoms with E-state index in [0.717, 1.165) is 38.0 Å². The molecule has 1 aromatic carbocycles. The first-order chi connectivity index (χ1) is 11.7. The van der Waals surface area contributed by atoms with Gasteiger partial charge < -0.3 is 20.5 Å². The number of amides is 2. The van der Waals surface area contributed by atoms with E-state index in [1.54, 1.807) is 6.20 Å². The van der Waals surface area contributed by atoms with Gasteiger partial charge in [-0.25, -0.2) is 9.78 Å². The van der Waals surface area contributed by atoms with Crippen LogP contribution in [0.15, 0.2) is 43.0 Å². The van der Waals surface area contributed by atoms with Crippen LogP contribution in [0, 0.1) is 0 Å². The second-order valence-electron chi connectivity index (χ2n) is 6.32. The van der Waals surface area contributed by atoms with Gasteiger partial charge in [-0.2, -0.15) is 0 Å². The second-order valence-corrected chi connectivity index (χ2v) is 6.32. The van der Waals surface area contributed by atoms with Gasteiger partial charge >= 0.3 is 6.03 Å². The van der Waals surface area contributed by atoms with E-state index in [-0.39, 0.29) is 12.1 Å². The Hall–Kier alpha value is -2.34. The molecule has 0 aliphatic heterocycles. The lowest BCUT2D eigenvalue weighted by molar-refractivity contribution is 0.251. The summed E-state index contributed by atoms with van der Waals surface area (Å²) in [6.07, 6.45) is 8.87. The van der Waals surface area contributed by atoms with E-state index in [2.05, 4.69) is 44.6 Å². The quantitative estimate of drug-likeness (QED) is 0.653. The number of carbonyl (C=O) groups is 1. The molecule has 128 valence electrons. The molecule has 3 rings (SSSR count). The third-order valence-electron chi connectivity index (χ3n) is 4.18. The first kappa shape index (κ1) is 16.5. The van der Waals surface area contributed by atoms with E-state index in [4.69, 9.17) is 0 Å². The molecule has 0 spiro atoms. The number of nitrogens with zero attached hydrogens (tertiary/aromatic N) is 2. The fourth-order valence-corrected chi connectivity index (χ4v) is 2.55. The summed E-state index contributed by atoms with van der Waals surface area (Å²) in [7, 11) is 0. The monoisotopic (exact) mass is 327 g/mol. The zero-order valence-electron chi connectivity index (χ0n) is 14.0. The molecule has 0 saturated heterocycles. The molecule has 0 radical (unpaired) electrons. The van der Waals surface area contributed by atoms with E-state index >= 15 is 0 Å². The van der Waals surface area contributed by atoms with Crippen molar-refractivity contribution in [1.82, 2.24) is 20.2 Å². The highest BCUT2D eigenvalue weighted by Crippen LogP contribution is 2.19. The number of nitrogens with one attached hydrogen (secondary N) is 3. The Morgan fingerprint density at radius 1 is 1.33 bits per heavy atom. The van der Waals surface area contributed by atoms with Crippen molar-refractivity contribution in [2.24, 2.45) is 0 Å². The van der Waals surface area contributed by atoms with Gasteiger partial charge in [0.05, 0.1) is 6.33 Å². The first-order valence-electron chi connectivity index (χ1n) is 8.57. The van der Waals surface area contributed by atoms with Crippen LogP contribution in [0.1, 0.15) is 37.8 Å². The van der Waals surface area contributed by atoms with Crippen molar-refractivity contribution in [2.45, 2.75) is 44.8 Å². The van der Waals surface area contributed by atoms with Crippen LogP contribution in [-0.4, -0.2) is 28.2 Å². The minimum atomic E-state index is -0.115. The largest absolute Gasteiger partial charge is 0.337 e. The molecule has 0 bridgehead atoms. The maximum atomic E-state index is 11.7. The summed E-state index contributed by atoms with van der Waals surface area (Å²) in [5, 5.41) is 9.31. The number of benzene rings is 1. The molecular formula is C18H25N5O. The zero-order valence-corrected chi connectivity index (χ0v) is 14.0. The highest BCUT2D eigenvalue weighted by Gasteiger charge is 2.23. The predicted molar refractivity (Wildman–Crippen MR) is 94.9 cm³/mol. The van der Waals surface area contributed by atoms with Gasteiger partial charge in [0.15, 0.2) is 0 Å². The number of anilines is 1. The summed E-state index contributed by atoms with van der Waals surface area (Å²) < 4.78 is 2.08. The van der Waals surface area contributed by atoms with Gasteiger partial charge in [0.25, 0.3) is 0 Å². The van der Waals surface area contributed by atoms with Gasteiger partial charge in [0.2, 0.25) is 0 Å². The van der Waals surface area contributed by atoms with Crippen molar-refractivity contribution in [1.29, 1.82) is 0 Å². The minimum absolute atomic E-state index is 0.115. The summed E-state index contributed by atoms with van der Waals surface area (Å²) in [6, 6.07) is 8.55. The van der Waals surface area contributed by atoms with E-state index in [1.165, 1.54) is 5.56 Å². The van der Waals surface area contributed by atoms with Crippen LogP contribution in [-0.2, 0) is 6.54 Å². The molecule has 1 aliphatic rings. The number of urea groups is 1. The Balaban J connectivity index is 1.39. The number of hydrogen-bond acceptors (Lipinski definition) is 3. The van der Waals surface area contributed by atoms with Crippen LogP contribution in [0.3, 0.4) is 0 Å². The maximum absolute atomic E-state index is 11.7. The Bertz CT molecular complexity index is 634. The van der Waals surface area contributed by atoms with Crippen LogP contribution in [0.5, 0.6) is 0 Å². The second kappa shape index (κ2) is 7.97. The molecule has 2 amide bonds. The molecule has 24 heavy (non-hydrogen) atoms.